The molecule has 1 saturated carbocycles. The second kappa shape index (κ2) is 8.58. The number of rotatable bonds is 6. The lowest BCUT2D eigenvalue weighted by atomic mass is 9.78. The number of nitrogens with zero attached hydrogens (tertiary/aromatic N) is 3. The van der Waals surface area contributed by atoms with Crippen molar-refractivity contribution in [2.45, 2.75) is 70.4 Å². The molecule has 1 atom stereocenters. The van der Waals surface area contributed by atoms with Gasteiger partial charge < -0.3 is 24.1 Å². The van der Waals surface area contributed by atoms with Gasteiger partial charge in [-0.25, -0.2) is 4.39 Å². The molecule has 1 aromatic heterocycles. The number of ether oxygens (including phenoxy) is 1. The van der Waals surface area contributed by atoms with E-state index in [1.165, 1.54) is 31.4 Å². The fourth-order valence-corrected chi connectivity index (χ4v) is 5.96. The van der Waals surface area contributed by atoms with Gasteiger partial charge in [0, 0.05) is 30.6 Å². The lowest BCUT2D eigenvalue weighted by Gasteiger charge is -2.48. The SMILES string of the molecule is Cc1coc(N2CC3(CCC(N4CCC(c5ccc(F)cc5OCC(C)(C)O)CC4)C3)C2)n1. The Labute approximate surface area is 195 Å². The van der Waals surface area contributed by atoms with E-state index >= 15 is 0 Å². The second-order valence-corrected chi connectivity index (χ2v) is 11.1. The average molecular weight is 458 g/mol. The molecule has 2 saturated heterocycles. The Hall–Kier alpha value is -2.12. The third kappa shape index (κ3) is 4.90. The van der Waals surface area contributed by atoms with Crippen LogP contribution in [0, 0.1) is 18.2 Å². The number of aromatic nitrogens is 1. The molecule has 6 nitrogen and oxygen atoms in total. The van der Waals surface area contributed by atoms with Crippen molar-refractivity contribution in [2.24, 2.45) is 5.41 Å². The molecule has 33 heavy (non-hydrogen) atoms. The molecular formula is C26H36FN3O3. The topological polar surface area (TPSA) is 62.0 Å². The molecule has 0 amide bonds. The lowest BCUT2D eigenvalue weighted by Crippen LogP contribution is -2.56. The van der Waals surface area contributed by atoms with Gasteiger partial charge in [-0.2, -0.15) is 4.98 Å². The Morgan fingerprint density at radius 2 is 2.00 bits per heavy atom. The van der Waals surface area contributed by atoms with E-state index in [4.69, 9.17) is 9.15 Å². The molecule has 2 aromatic rings. The number of anilines is 1. The van der Waals surface area contributed by atoms with Crippen molar-refractivity contribution >= 4 is 6.01 Å². The molecule has 1 unspecified atom stereocenters. The average Bonchev–Trinajstić information content (AvgIpc) is 3.38. The summed E-state index contributed by atoms with van der Waals surface area (Å²) in [7, 11) is 0. The molecule has 3 fully saturated rings. The molecule has 1 N–H and O–H groups in total. The Kier molecular flexibility index (Phi) is 5.90. The summed E-state index contributed by atoms with van der Waals surface area (Å²) < 4.78 is 25.3. The number of oxazole rings is 1. The molecule has 180 valence electrons. The number of aryl methyl sites for hydroxylation is 1. The van der Waals surface area contributed by atoms with E-state index in [1.807, 2.05) is 13.0 Å². The van der Waals surface area contributed by atoms with Gasteiger partial charge in [0.25, 0.3) is 6.01 Å². The van der Waals surface area contributed by atoms with E-state index in [9.17, 15) is 9.50 Å². The summed E-state index contributed by atoms with van der Waals surface area (Å²) in [5, 5.41) is 10.0. The fourth-order valence-electron chi connectivity index (χ4n) is 5.96. The highest BCUT2D eigenvalue weighted by molar-refractivity contribution is 5.38. The van der Waals surface area contributed by atoms with Crippen molar-refractivity contribution in [1.29, 1.82) is 0 Å². The van der Waals surface area contributed by atoms with Crippen LogP contribution in [0.4, 0.5) is 10.4 Å². The van der Waals surface area contributed by atoms with Crippen LogP contribution in [0.5, 0.6) is 5.75 Å². The molecule has 1 spiro atoms. The van der Waals surface area contributed by atoms with Crippen LogP contribution in [-0.2, 0) is 0 Å². The Morgan fingerprint density at radius 3 is 2.67 bits per heavy atom. The van der Waals surface area contributed by atoms with Crippen LogP contribution in [0.1, 0.15) is 63.1 Å². The summed E-state index contributed by atoms with van der Waals surface area (Å²) in [6.45, 7) is 9.75. The van der Waals surface area contributed by atoms with E-state index in [-0.39, 0.29) is 12.4 Å². The van der Waals surface area contributed by atoms with Crippen LogP contribution >= 0.6 is 0 Å². The molecule has 3 heterocycles. The third-order valence-corrected chi connectivity index (χ3v) is 7.65. The predicted molar refractivity (Wildman–Crippen MR) is 125 cm³/mol. The minimum absolute atomic E-state index is 0.149. The molecule has 2 aliphatic heterocycles. The first-order valence-corrected chi connectivity index (χ1v) is 12.3. The van der Waals surface area contributed by atoms with Crippen LogP contribution in [-0.4, -0.2) is 59.4 Å². The second-order valence-electron chi connectivity index (χ2n) is 11.1. The molecule has 5 rings (SSSR count). The van der Waals surface area contributed by atoms with Gasteiger partial charge in [-0.1, -0.05) is 6.07 Å². The number of piperidine rings is 1. The zero-order valence-corrected chi connectivity index (χ0v) is 20.0. The van der Waals surface area contributed by atoms with Crippen LogP contribution in [0.25, 0.3) is 0 Å². The zero-order chi connectivity index (χ0) is 23.2. The number of aliphatic hydroxyl groups is 1. The molecular weight excluding hydrogens is 421 g/mol. The molecule has 1 aromatic carbocycles. The third-order valence-electron chi connectivity index (χ3n) is 7.65. The molecule has 1 aliphatic carbocycles. The summed E-state index contributed by atoms with van der Waals surface area (Å²) in [5.74, 6) is 0.640. The summed E-state index contributed by atoms with van der Waals surface area (Å²) in [4.78, 5) is 9.41. The minimum Gasteiger partial charge on any atom is -0.490 e. The van der Waals surface area contributed by atoms with Gasteiger partial charge >= 0.3 is 0 Å². The van der Waals surface area contributed by atoms with Crippen molar-refractivity contribution in [3.05, 3.63) is 41.5 Å². The van der Waals surface area contributed by atoms with Gasteiger partial charge in [0.1, 0.15) is 24.4 Å². The number of halogens is 1. The quantitative estimate of drug-likeness (QED) is 0.689. The van der Waals surface area contributed by atoms with Crippen molar-refractivity contribution in [3.8, 4) is 5.75 Å². The van der Waals surface area contributed by atoms with Gasteiger partial charge in [0.05, 0.1) is 11.3 Å². The van der Waals surface area contributed by atoms with Crippen molar-refractivity contribution in [2.75, 3.05) is 37.7 Å². The predicted octanol–water partition coefficient (Wildman–Crippen LogP) is 4.51. The van der Waals surface area contributed by atoms with Gasteiger partial charge in [0.15, 0.2) is 0 Å². The van der Waals surface area contributed by atoms with E-state index < -0.39 is 5.60 Å². The molecule has 0 radical (unpaired) electrons. The summed E-state index contributed by atoms with van der Waals surface area (Å²) in [6.07, 6.45) is 7.63. The number of benzene rings is 1. The van der Waals surface area contributed by atoms with Crippen molar-refractivity contribution < 1.29 is 18.7 Å². The van der Waals surface area contributed by atoms with E-state index in [2.05, 4.69) is 14.8 Å². The number of likely N-dealkylation sites (tertiary alicyclic amines) is 1. The first-order valence-electron chi connectivity index (χ1n) is 12.3. The normalized spacial score (nSPS) is 23.8. The number of hydrogen-bond donors (Lipinski definition) is 1. The Balaban J connectivity index is 1.15. The number of hydrogen-bond acceptors (Lipinski definition) is 6. The standard InChI is InChI=1S/C26H36FN3O3/c1-18-14-32-24(28-18)30-15-26(16-30)9-6-21(13-26)29-10-7-19(8-11-29)22-5-4-20(27)12-23(22)33-17-25(2,3)31/h4-5,12,14,19,21,31H,6-11,13,15-17H2,1-3H3. The largest absolute Gasteiger partial charge is 0.490 e. The van der Waals surface area contributed by atoms with Gasteiger partial charge in [-0.3, -0.25) is 0 Å². The Morgan fingerprint density at radius 1 is 1.24 bits per heavy atom. The van der Waals surface area contributed by atoms with Crippen molar-refractivity contribution in [1.82, 2.24) is 9.88 Å². The maximum absolute atomic E-state index is 13.9. The van der Waals surface area contributed by atoms with Gasteiger partial charge in [0.2, 0.25) is 0 Å². The molecule has 0 bridgehead atoms. The Bertz CT molecular complexity index is 971. The van der Waals surface area contributed by atoms with Gasteiger partial charge in [-0.15, -0.1) is 0 Å². The highest BCUT2D eigenvalue weighted by Crippen LogP contribution is 2.49. The maximum Gasteiger partial charge on any atom is 0.297 e. The highest BCUT2D eigenvalue weighted by atomic mass is 19.1. The van der Waals surface area contributed by atoms with E-state index in [0.29, 0.717) is 23.1 Å². The van der Waals surface area contributed by atoms with Gasteiger partial charge in [-0.05, 0) is 83.5 Å². The monoisotopic (exact) mass is 457 g/mol. The zero-order valence-electron chi connectivity index (χ0n) is 20.0. The van der Waals surface area contributed by atoms with Crippen LogP contribution in [0.15, 0.2) is 28.9 Å². The summed E-state index contributed by atoms with van der Waals surface area (Å²) in [5.41, 5.74) is 1.47. The fraction of sp³-hybridized carbons (Fsp3) is 0.654. The van der Waals surface area contributed by atoms with Crippen LogP contribution < -0.4 is 9.64 Å². The maximum atomic E-state index is 13.9. The van der Waals surface area contributed by atoms with E-state index in [1.54, 1.807) is 20.1 Å². The van der Waals surface area contributed by atoms with Crippen LogP contribution in [0.3, 0.4) is 0 Å². The summed E-state index contributed by atoms with van der Waals surface area (Å²) >= 11 is 0. The first-order chi connectivity index (χ1) is 15.7. The smallest absolute Gasteiger partial charge is 0.297 e. The highest BCUT2D eigenvalue weighted by Gasteiger charge is 2.50. The van der Waals surface area contributed by atoms with E-state index in [0.717, 1.165) is 56.3 Å². The minimum atomic E-state index is -0.950. The van der Waals surface area contributed by atoms with Crippen LogP contribution in [0.2, 0.25) is 0 Å². The van der Waals surface area contributed by atoms with Crippen molar-refractivity contribution in [3.63, 3.8) is 0 Å². The first kappa shape index (κ1) is 22.7. The molecule has 7 heteroatoms. The molecule has 3 aliphatic rings. The summed E-state index contributed by atoms with van der Waals surface area (Å²) in [6, 6.07) is 6.28. The lowest BCUT2D eigenvalue weighted by molar-refractivity contribution is 0.0277.